The second-order valence-electron chi connectivity index (χ2n) is 4.22. The van der Waals surface area contributed by atoms with Gasteiger partial charge in [0.25, 0.3) is 5.91 Å². The van der Waals surface area contributed by atoms with Crippen molar-refractivity contribution in [3.8, 4) is 5.75 Å². The van der Waals surface area contributed by atoms with Gasteiger partial charge in [0.05, 0.1) is 22.3 Å². The van der Waals surface area contributed by atoms with Gasteiger partial charge in [-0.05, 0) is 73.8 Å². The highest BCUT2D eigenvalue weighted by Crippen LogP contribution is 2.33. The molecule has 0 aliphatic carbocycles. The van der Waals surface area contributed by atoms with Crippen molar-refractivity contribution < 1.29 is 9.53 Å². The summed E-state index contributed by atoms with van der Waals surface area (Å²) in [5, 5.41) is 4.51. The first-order valence-corrected chi connectivity index (χ1v) is 8.09. The van der Waals surface area contributed by atoms with E-state index in [2.05, 4.69) is 42.4 Å². The predicted molar refractivity (Wildman–Crippen MR) is 94.9 cm³/mol. The molecule has 22 heavy (non-hydrogen) atoms. The molecule has 2 rings (SSSR count). The molecule has 0 saturated carbocycles. The lowest BCUT2D eigenvalue weighted by molar-refractivity contribution is 0.0955. The fraction of sp³-hybridized carbons (Fsp3) is 0.0667. The highest BCUT2D eigenvalue weighted by atomic mass is 79.9. The summed E-state index contributed by atoms with van der Waals surface area (Å²) in [4.78, 5) is 11.9. The van der Waals surface area contributed by atoms with Crippen molar-refractivity contribution in [1.29, 1.82) is 0 Å². The van der Waals surface area contributed by atoms with E-state index in [0.29, 0.717) is 16.3 Å². The van der Waals surface area contributed by atoms with E-state index in [9.17, 15) is 4.79 Å². The monoisotopic (exact) mass is 444 g/mol. The molecule has 7 heteroatoms. The maximum Gasteiger partial charge on any atom is 0.271 e. The Morgan fingerprint density at radius 1 is 1.23 bits per heavy atom. The van der Waals surface area contributed by atoms with Crippen molar-refractivity contribution in [3.05, 3.63) is 61.5 Å². The Hall–Kier alpha value is -1.37. The highest BCUT2D eigenvalue weighted by molar-refractivity contribution is 9.11. The number of hydrogen-bond donors (Lipinski definition) is 1. The van der Waals surface area contributed by atoms with E-state index in [1.807, 2.05) is 12.1 Å². The summed E-state index contributed by atoms with van der Waals surface area (Å²) in [6.45, 7) is 0. The smallest absolute Gasteiger partial charge is 0.271 e. The largest absolute Gasteiger partial charge is 0.494 e. The summed E-state index contributed by atoms with van der Waals surface area (Å²) >= 11 is 12.6. The molecule has 0 heterocycles. The highest BCUT2D eigenvalue weighted by Gasteiger charge is 2.07. The lowest BCUT2D eigenvalue weighted by Gasteiger charge is -2.06. The number of nitrogens with one attached hydrogen (secondary N) is 1. The molecule has 0 fully saturated rings. The number of rotatable bonds is 4. The van der Waals surface area contributed by atoms with Gasteiger partial charge < -0.3 is 4.74 Å². The molecular weight excluding hydrogens is 435 g/mol. The number of halogens is 3. The minimum absolute atomic E-state index is 0.306. The molecule has 0 bridgehead atoms. The maximum absolute atomic E-state index is 11.9. The first kappa shape index (κ1) is 17.0. The van der Waals surface area contributed by atoms with Gasteiger partial charge in [0.2, 0.25) is 0 Å². The molecule has 0 radical (unpaired) electrons. The van der Waals surface area contributed by atoms with Crippen LogP contribution in [0.15, 0.2) is 50.4 Å². The molecule has 0 aliphatic rings. The van der Waals surface area contributed by atoms with E-state index < -0.39 is 0 Å². The van der Waals surface area contributed by atoms with Gasteiger partial charge in [-0.3, -0.25) is 4.79 Å². The molecular formula is C15H11Br2ClN2O2. The SMILES string of the molecule is COc1c(Br)cc(/C=N/NC(=O)c2ccc(Cl)cc2)cc1Br. The molecule has 114 valence electrons. The van der Waals surface area contributed by atoms with Gasteiger partial charge in [0.15, 0.2) is 0 Å². The quantitative estimate of drug-likeness (QED) is 0.550. The van der Waals surface area contributed by atoms with Gasteiger partial charge >= 0.3 is 0 Å². The van der Waals surface area contributed by atoms with Crippen molar-refractivity contribution in [2.75, 3.05) is 7.11 Å². The van der Waals surface area contributed by atoms with Gasteiger partial charge in [-0.1, -0.05) is 11.6 Å². The van der Waals surface area contributed by atoms with Crippen LogP contribution in [0.3, 0.4) is 0 Å². The molecule has 0 saturated heterocycles. The molecule has 4 nitrogen and oxygen atoms in total. The topological polar surface area (TPSA) is 50.7 Å². The molecule has 2 aromatic rings. The number of hydrogen-bond acceptors (Lipinski definition) is 3. The van der Waals surface area contributed by atoms with Crippen molar-refractivity contribution in [2.24, 2.45) is 5.10 Å². The van der Waals surface area contributed by atoms with Crippen molar-refractivity contribution in [3.63, 3.8) is 0 Å². The van der Waals surface area contributed by atoms with Gasteiger partial charge in [0, 0.05) is 10.6 Å². The van der Waals surface area contributed by atoms with E-state index in [1.54, 1.807) is 37.6 Å². The van der Waals surface area contributed by atoms with Crippen LogP contribution in [0, 0.1) is 0 Å². The van der Waals surface area contributed by atoms with Crippen LogP contribution in [0.2, 0.25) is 5.02 Å². The van der Waals surface area contributed by atoms with Crippen LogP contribution >= 0.6 is 43.5 Å². The number of benzene rings is 2. The van der Waals surface area contributed by atoms with Gasteiger partial charge in [-0.2, -0.15) is 5.10 Å². The van der Waals surface area contributed by atoms with Crippen LogP contribution in [0.1, 0.15) is 15.9 Å². The fourth-order valence-electron chi connectivity index (χ4n) is 1.68. The number of carbonyl (C=O) groups is 1. The molecule has 0 unspecified atom stereocenters. The van der Waals surface area contributed by atoms with Crippen LogP contribution in [0.5, 0.6) is 5.75 Å². The van der Waals surface area contributed by atoms with Crippen LogP contribution < -0.4 is 10.2 Å². The zero-order valence-electron chi connectivity index (χ0n) is 11.4. The standard InChI is InChI=1S/C15H11Br2ClN2O2/c1-22-14-12(16)6-9(7-13(14)17)8-19-20-15(21)10-2-4-11(18)5-3-10/h2-8H,1H3,(H,20,21)/b19-8+. The molecule has 2 aromatic carbocycles. The Morgan fingerprint density at radius 2 is 1.82 bits per heavy atom. The zero-order chi connectivity index (χ0) is 16.1. The van der Waals surface area contributed by atoms with E-state index in [-0.39, 0.29) is 5.91 Å². The predicted octanol–water partition coefficient (Wildman–Crippen LogP) is 4.64. The van der Waals surface area contributed by atoms with E-state index in [4.69, 9.17) is 16.3 Å². The minimum atomic E-state index is -0.306. The fourth-order valence-corrected chi connectivity index (χ4v) is 3.35. The molecule has 0 spiro atoms. The Bertz CT molecular complexity index is 695. The molecule has 0 aliphatic heterocycles. The van der Waals surface area contributed by atoms with E-state index >= 15 is 0 Å². The zero-order valence-corrected chi connectivity index (χ0v) is 15.4. The number of hydrazone groups is 1. The summed E-state index contributed by atoms with van der Waals surface area (Å²) in [5.41, 5.74) is 3.75. The van der Waals surface area contributed by atoms with Crippen molar-refractivity contribution >= 4 is 55.6 Å². The molecule has 1 amide bonds. The summed E-state index contributed by atoms with van der Waals surface area (Å²) < 4.78 is 6.80. The Labute approximate surface area is 149 Å². The van der Waals surface area contributed by atoms with Gasteiger partial charge in [-0.15, -0.1) is 0 Å². The van der Waals surface area contributed by atoms with Gasteiger partial charge in [-0.25, -0.2) is 5.43 Å². The molecule has 0 aromatic heterocycles. The Morgan fingerprint density at radius 3 is 2.36 bits per heavy atom. The van der Waals surface area contributed by atoms with Gasteiger partial charge in [0.1, 0.15) is 5.75 Å². The molecule has 1 N–H and O–H groups in total. The van der Waals surface area contributed by atoms with Crippen molar-refractivity contribution in [1.82, 2.24) is 5.43 Å². The molecule has 0 atom stereocenters. The van der Waals surface area contributed by atoms with Crippen molar-refractivity contribution in [2.45, 2.75) is 0 Å². The maximum atomic E-state index is 11.9. The van der Waals surface area contributed by atoms with E-state index in [1.165, 1.54) is 0 Å². The summed E-state index contributed by atoms with van der Waals surface area (Å²) in [6.07, 6.45) is 1.54. The number of methoxy groups -OCH3 is 1. The second-order valence-corrected chi connectivity index (χ2v) is 6.37. The summed E-state index contributed by atoms with van der Waals surface area (Å²) in [6, 6.07) is 10.2. The lowest BCUT2D eigenvalue weighted by Crippen LogP contribution is -2.17. The Kier molecular flexibility index (Phi) is 5.99. The third-order valence-electron chi connectivity index (χ3n) is 2.71. The average Bonchev–Trinajstić information content (AvgIpc) is 2.47. The Balaban J connectivity index is 2.06. The van der Waals surface area contributed by atoms with Crippen LogP contribution in [0.25, 0.3) is 0 Å². The van der Waals surface area contributed by atoms with E-state index in [0.717, 1.165) is 14.5 Å². The third-order valence-corrected chi connectivity index (χ3v) is 4.14. The summed E-state index contributed by atoms with van der Waals surface area (Å²) in [5.74, 6) is 0.391. The first-order chi connectivity index (χ1) is 10.5. The average molecular weight is 447 g/mol. The van der Waals surface area contributed by atoms with Crippen LogP contribution in [-0.2, 0) is 0 Å². The normalized spacial score (nSPS) is 10.7. The first-order valence-electron chi connectivity index (χ1n) is 6.13. The van der Waals surface area contributed by atoms with Crippen LogP contribution in [-0.4, -0.2) is 19.2 Å². The number of carbonyl (C=O) groups excluding carboxylic acids is 1. The van der Waals surface area contributed by atoms with Crippen LogP contribution in [0.4, 0.5) is 0 Å². The lowest BCUT2D eigenvalue weighted by atomic mass is 10.2. The third kappa shape index (κ3) is 4.32. The second kappa shape index (κ2) is 7.76. The number of amides is 1. The minimum Gasteiger partial charge on any atom is -0.494 e. The summed E-state index contributed by atoms with van der Waals surface area (Å²) in [7, 11) is 1.59. The number of nitrogens with zero attached hydrogens (tertiary/aromatic N) is 1. The number of ether oxygens (including phenoxy) is 1.